The Morgan fingerprint density at radius 2 is 2.12 bits per heavy atom. The van der Waals surface area contributed by atoms with Gasteiger partial charge in [0.05, 0.1) is 12.7 Å². The molecule has 4 heteroatoms. The molecule has 5 atom stereocenters. The molecule has 4 nitrogen and oxygen atoms in total. The first kappa shape index (κ1) is 19.3. The molecule has 0 unspecified atom stereocenters. The number of ether oxygens (including phenoxy) is 2. The van der Waals surface area contributed by atoms with E-state index < -0.39 is 0 Å². The van der Waals surface area contributed by atoms with Gasteiger partial charge in [0.25, 0.3) is 0 Å². The second-order valence-electron chi connectivity index (χ2n) is 7.74. The summed E-state index contributed by atoms with van der Waals surface area (Å²) in [6.45, 7) is 12.9. The minimum Gasteiger partial charge on any atom is -0.449 e. The van der Waals surface area contributed by atoms with Crippen molar-refractivity contribution < 1.29 is 14.3 Å². The Morgan fingerprint density at radius 3 is 2.79 bits per heavy atom. The van der Waals surface area contributed by atoms with E-state index in [1.807, 2.05) is 0 Å². The molecule has 2 bridgehead atoms. The van der Waals surface area contributed by atoms with Gasteiger partial charge >= 0.3 is 6.09 Å². The Kier molecular flexibility index (Phi) is 6.73. The molecule has 1 fully saturated rings. The van der Waals surface area contributed by atoms with E-state index in [0.29, 0.717) is 43.6 Å². The number of hydrogen-bond donors (Lipinski definition) is 1. The van der Waals surface area contributed by atoms with Crippen molar-refractivity contribution in [3.05, 3.63) is 11.6 Å². The van der Waals surface area contributed by atoms with Gasteiger partial charge in [0.1, 0.15) is 6.61 Å². The number of alkyl carbamates (subject to hydrolysis) is 1. The Balaban J connectivity index is 2.06. The van der Waals surface area contributed by atoms with E-state index in [1.54, 1.807) is 0 Å². The number of amides is 1. The molecule has 0 aromatic carbocycles. The molecule has 1 aliphatic heterocycles. The fourth-order valence-corrected chi connectivity index (χ4v) is 4.55. The lowest BCUT2D eigenvalue weighted by molar-refractivity contribution is -0.164. The number of carbonyl (C=O) groups excluding carboxylic acids is 1. The van der Waals surface area contributed by atoms with Crippen LogP contribution in [0.15, 0.2) is 11.6 Å². The van der Waals surface area contributed by atoms with Crippen molar-refractivity contribution in [1.29, 1.82) is 0 Å². The van der Waals surface area contributed by atoms with Gasteiger partial charge in [-0.3, -0.25) is 0 Å². The highest BCUT2D eigenvalue weighted by Crippen LogP contribution is 2.53. The van der Waals surface area contributed by atoms with E-state index in [-0.39, 0.29) is 11.5 Å². The maximum Gasteiger partial charge on any atom is 0.407 e. The van der Waals surface area contributed by atoms with Crippen LogP contribution in [-0.4, -0.2) is 32.0 Å². The van der Waals surface area contributed by atoms with Crippen molar-refractivity contribution in [1.82, 2.24) is 5.32 Å². The molecule has 0 saturated carbocycles. The van der Waals surface area contributed by atoms with E-state index in [1.165, 1.54) is 5.57 Å². The molecule has 1 aliphatic carbocycles. The molecule has 2 rings (SSSR count). The normalized spacial score (nSPS) is 35.3. The molecule has 0 radical (unpaired) electrons. The van der Waals surface area contributed by atoms with Crippen LogP contribution in [0.5, 0.6) is 0 Å². The minimum absolute atomic E-state index is 0.101. The highest BCUT2D eigenvalue weighted by molar-refractivity contribution is 5.67. The van der Waals surface area contributed by atoms with Gasteiger partial charge in [-0.15, -0.1) is 0 Å². The lowest BCUT2D eigenvalue weighted by Crippen LogP contribution is -2.57. The summed E-state index contributed by atoms with van der Waals surface area (Å²) in [4.78, 5) is 12.0. The van der Waals surface area contributed by atoms with Gasteiger partial charge in [-0.05, 0) is 31.6 Å². The summed E-state index contributed by atoms with van der Waals surface area (Å²) >= 11 is 0. The van der Waals surface area contributed by atoms with E-state index in [2.05, 4.69) is 46.0 Å². The second-order valence-corrected chi connectivity index (χ2v) is 7.74. The summed E-state index contributed by atoms with van der Waals surface area (Å²) in [5.74, 6) is 1.27. The molecule has 24 heavy (non-hydrogen) atoms. The molecular weight excluding hydrogens is 302 g/mol. The number of hydrogen-bond acceptors (Lipinski definition) is 3. The first-order chi connectivity index (χ1) is 11.5. The van der Waals surface area contributed by atoms with Crippen LogP contribution in [0.3, 0.4) is 0 Å². The van der Waals surface area contributed by atoms with E-state index >= 15 is 0 Å². The van der Waals surface area contributed by atoms with Gasteiger partial charge in [0.15, 0.2) is 0 Å². The van der Waals surface area contributed by atoms with Gasteiger partial charge in [-0.25, -0.2) is 4.79 Å². The zero-order valence-corrected chi connectivity index (χ0v) is 16.1. The van der Waals surface area contributed by atoms with Crippen LogP contribution in [0.25, 0.3) is 0 Å². The Bertz CT molecular complexity index is 462. The fourth-order valence-electron chi connectivity index (χ4n) is 4.55. The third-order valence-electron chi connectivity index (χ3n) is 6.20. The molecule has 0 aromatic rings. The third kappa shape index (κ3) is 3.79. The summed E-state index contributed by atoms with van der Waals surface area (Å²) in [5.41, 5.74) is 1.34. The first-order valence-corrected chi connectivity index (χ1v) is 9.66. The maximum absolute atomic E-state index is 12.0. The number of nitrogens with one attached hydrogen (secondary N) is 1. The number of rotatable bonds is 7. The lowest BCUT2D eigenvalue weighted by Gasteiger charge is -2.55. The lowest BCUT2D eigenvalue weighted by atomic mass is 9.56. The summed E-state index contributed by atoms with van der Waals surface area (Å²) in [5, 5.41) is 2.84. The molecule has 1 N–H and O–H groups in total. The molecule has 0 spiro atoms. The van der Waals surface area contributed by atoms with Crippen LogP contribution in [0.1, 0.15) is 60.3 Å². The van der Waals surface area contributed by atoms with Crippen LogP contribution in [0, 0.1) is 23.2 Å². The highest BCUT2D eigenvalue weighted by Gasteiger charge is 2.53. The highest BCUT2D eigenvalue weighted by atomic mass is 16.6. The first-order valence-electron chi connectivity index (χ1n) is 9.66. The topological polar surface area (TPSA) is 47.6 Å². The minimum atomic E-state index is -0.296. The summed E-state index contributed by atoms with van der Waals surface area (Å²) in [6.07, 6.45) is 6.68. The van der Waals surface area contributed by atoms with Crippen LogP contribution in [0.2, 0.25) is 0 Å². The van der Waals surface area contributed by atoms with E-state index in [4.69, 9.17) is 9.47 Å². The Labute approximate surface area is 147 Å². The van der Waals surface area contributed by atoms with Gasteiger partial charge in [-0.2, -0.15) is 0 Å². The molecule has 2 aliphatic rings. The van der Waals surface area contributed by atoms with Gasteiger partial charge in [-0.1, -0.05) is 52.2 Å². The molecule has 138 valence electrons. The predicted octanol–water partition coefficient (Wildman–Crippen LogP) is 4.55. The number of unbranched alkanes of at least 4 members (excludes halogenated alkanes) is 1. The van der Waals surface area contributed by atoms with E-state index in [9.17, 15) is 4.79 Å². The molecule has 1 saturated heterocycles. The average Bonchev–Trinajstić information content (AvgIpc) is 2.53. The van der Waals surface area contributed by atoms with Gasteiger partial charge < -0.3 is 14.8 Å². The van der Waals surface area contributed by atoms with Crippen molar-refractivity contribution in [2.24, 2.45) is 23.2 Å². The third-order valence-corrected chi connectivity index (χ3v) is 6.20. The van der Waals surface area contributed by atoms with Gasteiger partial charge in [0, 0.05) is 17.9 Å². The van der Waals surface area contributed by atoms with Crippen LogP contribution >= 0.6 is 0 Å². The molecule has 1 amide bonds. The summed E-state index contributed by atoms with van der Waals surface area (Å²) < 4.78 is 11.9. The van der Waals surface area contributed by atoms with Crippen LogP contribution in [0.4, 0.5) is 4.79 Å². The Morgan fingerprint density at radius 1 is 1.38 bits per heavy atom. The van der Waals surface area contributed by atoms with E-state index in [0.717, 1.165) is 25.7 Å². The predicted molar refractivity (Wildman–Crippen MR) is 96.9 cm³/mol. The molecule has 1 heterocycles. The number of fused-ring (bicyclic) bond motifs is 2. The van der Waals surface area contributed by atoms with Crippen LogP contribution < -0.4 is 5.32 Å². The summed E-state index contributed by atoms with van der Waals surface area (Å²) in [6, 6.07) is 0. The quantitative estimate of drug-likeness (QED) is 0.548. The number of allylic oxidation sites excluding steroid dienone is 1. The van der Waals surface area contributed by atoms with Crippen molar-refractivity contribution in [2.45, 2.75) is 66.4 Å². The standard InChI is InChI=1S/C20H35NO3/c1-6-8-10-21-19(22)24-13-20-12-23-17(9-7-2)18(16(20)5)14(3)11-15(20)4/h11,15-18H,6-10,12-13H2,1-5H3,(H,21,22)/t15-,16+,17+,18-,20-/m0/s1. The molecular formula is C20H35NO3. The van der Waals surface area contributed by atoms with Crippen LogP contribution in [-0.2, 0) is 9.47 Å². The van der Waals surface area contributed by atoms with Crippen molar-refractivity contribution in [2.75, 3.05) is 19.8 Å². The zero-order chi connectivity index (χ0) is 17.7. The van der Waals surface area contributed by atoms with Gasteiger partial charge in [0.2, 0.25) is 0 Å². The SMILES string of the molecule is CCCCNC(=O)OC[C@@]12CO[C@H](CCC)[C@@H](C(C)=C[C@@H]1C)[C@H]2C. The van der Waals surface area contributed by atoms with Crippen molar-refractivity contribution in [3.63, 3.8) is 0 Å². The largest absolute Gasteiger partial charge is 0.449 e. The molecule has 0 aromatic heterocycles. The fraction of sp³-hybridized carbons (Fsp3) is 0.850. The smallest absolute Gasteiger partial charge is 0.407 e. The second kappa shape index (κ2) is 8.37. The van der Waals surface area contributed by atoms with Crippen molar-refractivity contribution >= 4 is 6.09 Å². The summed E-state index contributed by atoms with van der Waals surface area (Å²) in [7, 11) is 0. The maximum atomic E-state index is 12.0. The average molecular weight is 338 g/mol. The zero-order valence-electron chi connectivity index (χ0n) is 16.1. The monoisotopic (exact) mass is 337 g/mol. The Hall–Kier alpha value is -1.03. The van der Waals surface area contributed by atoms with Crippen molar-refractivity contribution in [3.8, 4) is 0 Å². The number of carbonyl (C=O) groups is 1.